The summed E-state index contributed by atoms with van der Waals surface area (Å²) in [6, 6.07) is 1.87. The number of aromatic nitrogens is 2. The van der Waals surface area contributed by atoms with Gasteiger partial charge in [0.15, 0.2) is 0 Å². The lowest BCUT2D eigenvalue weighted by Crippen LogP contribution is -2.35. The highest BCUT2D eigenvalue weighted by Crippen LogP contribution is 2.18. The van der Waals surface area contributed by atoms with Crippen LogP contribution < -0.4 is 5.56 Å². The van der Waals surface area contributed by atoms with Gasteiger partial charge in [0.2, 0.25) is 0 Å². The molecule has 0 amide bonds. The Labute approximate surface area is 83.2 Å². The van der Waals surface area contributed by atoms with Gasteiger partial charge in [0.05, 0.1) is 6.33 Å². The minimum absolute atomic E-state index is 0.0644. The van der Waals surface area contributed by atoms with Crippen LogP contribution >= 0.6 is 0 Å². The van der Waals surface area contributed by atoms with Gasteiger partial charge in [-0.25, -0.2) is 4.98 Å². The van der Waals surface area contributed by atoms with Crippen LogP contribution in [0, 0.1) is 0 Å². The molecule has 0 aromatic carbocycles. The molecule has 4 nitrogen and oxygen atoms in total. The van der Waals surface area contributed by atoms with E-state index in [0.29, 0.717) is 6.04 Å². The van der Waals surface area contributed by atoms with Crippen LogP contribution in [0.15, 0.2) is 23.4 Å². The van der Waals surface area contributed by atoms with E-state index in [1.165, 1.54) is 6.07 Å². The molecule has 0 saturated carbocycles. The lowest BCUT2D eigenvalue weighted by atomic mass is 10.1. The molecule has 2 heterocycles. The van der Waals surface area contributed by atoms with Crippen LogP contribution in [-0.2, 0) is 0 Å². The van der Waals surface area contributed by atoms with Crippen molar-refractivity contribution in [1.82, 2.24) is 14.5 Å². The van der Waals surface area contributed by atoms with Gasteiger partial charge in [0.25, 0.3) is 5.56 Å². The number of hydrogen-bond acceptors (Lipinski definition) is 3. The van der Waals surface area contributed by atoms with E-state index in [4.69, 9.17) is 0 Å². The summed E-state index contributed by atoms with van der Waals surface area (Å²) >= 11 is 0. The fraction of sp³-hybridized carbons (Fsp3) is 0.600. The Hall–Kier alpha value is -1.16. The van der Waals surface area contributed by atoms with Crippen LogP contribution in [0.25, 0.3) is 0 Å². The normalized spacial score (nSPS) is 19.8. The highest BCUT2D eigenvalue weighted by atomic mass is 16.1. The SMILES string of the molecule is CN1CCC(n2cnccc2=O)CC1. The number of piperidine rings is 1. The van der Waals surface area contributed by atoms with Crippen molar-refractivity contribution in [3.05, 3.63) is 28.9 Å². The van der Waals surface area contributed by atoms with E-state index in [9.17, 15) is 4.79 Å². The van der Waals surface area contributed by atoms with Gasteiger partial charge in [0, 0.05) is 18.3 Å². The molecule has 14 heavy (non-hydrogen) atoms. The molecule has 76 valence electrons. The Morgan fingerprint density at radius 2 is 2.14 bits per heavy atom. The summed E-state index contributed by atoms with van der Waals surface area (Å²) in [6.07, 6.45) is 5.29. The molecule has 1 fully saturated rings. The van der Waals surface area contributed by atoms with Crippen molar-refractivity contribution in [1.29, 1.82) is 0 Å². The molecule has 0 unspecified atom stereocenters. The fourth-order valence-electron chi connectivity index (χ4n) is 1.91. The largest absolute Gasteiger partial charge is 0.306 e. The van der Waals surface area contributed by atoms with Crippen molar-refractivity contribution in [2.24, 2.45) is 0 Å². The predicted molar refractivity (Wildman–Crippen MR) is 54.3 cm³/mol. The van der Waals surface area contributed by atoms with Gasteiger partial charge in [-0.3, -0.25) is 9.36 Å². The van der Waals surface area contributed by atoms with Crippen LogP contribution in [0.1, 0.15) is 18.9 Å². The van der Waals surface area contributed by atoms with E-state index in [-0.39, 0.29) is 5.56 Å². The van der Waals surface area contributed by atoms with Crippen molar-refractivity contribution < 1.29 is 0 Å². The van der Waals surface area contributed by atoms with Crippen LogP contribution in [-0.4, -0.2) is 34.6 Å². The van der Waals surface area contributed by atoms with Crippen LogP contribution in [0.2, 0.25) is 0 Å². The van der Waals surface area contributed by atoms with Gasteiger partial charge in [0.1, 0.15) is 0 Å². The Balaban J connectivity index is 2.16. The maximum Gasteiger partial charge on any atom is 0.253 e. The van der Waals surface area contributed by atoms with Gasteiger partial charge < -0.3 is 4.90 Å². The maximum atomic E-state index is 11.5. The van der Waals surface area contributed by atoms with E-state index < -0.39 is 0 Å². The third-order valence-electron chi connectivity index (χ3n) is 2.83. The minimum atomic E-state index is 0.0644. The van der Waals surface area contributed by atoms with Crippen molar-refractivity contribution in [3.63, 3.8) is 0 Å². The smallest absolute Gasteiger partial charge is 0.253 e. The Bertz CT molecular complexity index is 352. The van der Waals surface area contributed by atoms with Crippen molar-refractivity contribution in [2.45, 2.75) is 18.9 Å². The highest BCUT2D eigenvalue weighted by molar-refractivity contribution is 4.87. The first kappa shape index (κ1) is 9.40. The maximum absolute atomic E-state index is 11.5. The molecule has 1 aromatic heterocycles. The summed E-state index contributed by atoms with van der Waals surface area (Å²) in [7, 11) is 2.11. The molecule has 0 aliphatic carbocycles. The first-order chi connectivity index (χ1) is 6.77. The third kappa shape index (κ3) is 1.85. The van der Waals surface area contributed by atoms with Crippen LogP contribution in [0.3, 0.4) is 0 Å². The van der Waals surface area contributed by atoms with Crippen LogP contribution in [0.4, 0.5) is 0 Å². The highest BCUT2D eigenvalue weighted by Gasteiger charge is 2.18. The van der Waals surface area contributed by atoms with Gasteiger partial charge in [-0.1, -0.05) is 0 Å². The molecule has 4 heteroatoms. The molecule has 0 radical (unpaired) electrons. The number of nitrogens with zero attached hydrogens (tertiary/aromatic N) is 3. The average molecular weight is 193 g/mol. The zero-order chi connectivity index (χ0) is 9.97. The molecule has 1 aromatic rings. The standard InChI is InChI=1S/C10H15N3O/c1-12-6-3-9(4-7-12)13-8-11-5-2-10(13)14/h2,5,8-9H,3-4,6-7H2,1H3. The molecular formula is C10H15N3O. The minimum Gasteiger partial charge on any atom is -0.306 e. The summed E-state index contributed by atoms with van der Waals surface area (Å²) in [4.78, 5) is 17.8. The molecule has 1 saturated heterocycles. The second-order valence-electron chi connectivity index (χ2n) is 3.86. The summed E-state index contributed by atoms with van der Waals surface area (Å²) in [6.45, 7) is 2.12. The summed E-state index contributed by atoms with van der Waals surface area (Å²) in [5, 5.41) is 0. The number of rotatable bonds is 1. The van der Waals surface area contributed by atoms with E-state index in [1.807, 2.05) is 0 Å². The topological polar surface area (TPSA) is 38.1 Å². The summed E-state index contributed by atoms with van der Waals surface area (Å²) in [5.41, 5.74) is 0.0644. The van der Waals surface area contributed by atoms with Gasteiger partial charge in [-0.05, 0) is 33.0 Å². The first-order valence-electron chi connectivity index (χ1n) is 4.98. The molecular weight excluding hydrogens is 178 g/mol. The van der Waals surface area contributed by atoms with E-state index in [2.05, 4.69) is 16.9 Å². The first-order valence-corrected chi connectivity index (χ1v) is 4.98. The lowest BCUT2D eigenvalue weighted by molar-refractivity contribution is 0.218. The Morgan fingerprint density at radius 1 is 1.43 bits per heavy atom. The fourth-order valence-corrected chi connectivity index (χ4v) is 1.91. The van der Waals surface area contributed by atoms with Gasteiger partial charge in [-0.15, -0.1) is 0 Å². The van der Waals surface area contributed by atoms with Crippen molar-refractivity contribution in [3.8, 4) is 0 Å². The third-order valence-corrected chi connectivity index (χ3v) is 2.83. The molecule has 1 aliphatic rings. The second-order valence-corrected chi connectivity index (χ2v) is 3.86. The monoisotopic (exact) mass is 193 g/mol. The van der Waals surface area contributed by atoms with Gasteiger partial charge in [-0.2, -0.15) is 0 Å². The van der Waals surface area contributed by atoms with Gasteiger partial charge >= 0.3 is 0 Å². The van der Waals surface area contributed by atoms with E-state index in [0.717, 1.165) is 25.9 Å². The summed E-state index contributed by atoms with van der Waals surface area (Å²) < 4.78 is 1.76. The number of hydrogen-bond donors (Lipinski definition) is 0. The molecule has 0 bridgehead atoms. The second kappa shape index (κ2) is 3.92. The molecule has 1 aliphatic heterocycles. The molecule has 0 N–H and O–H groups in total. The Kier molecular flexibility index (Phi) is 2.63. The van der Waals surface area contributed by atoms with E-state index in [1.54, 1.807) is 17.1 Å². The van der Waals surface area contributed by atoms with Crippen molar-refractivity contribution in [2.75, 3.05) is 20.1 Å². The predicted octanol–water partition coefficient (Wildman–Crippen LogP) is 0.510. The lowest BCUT2D eigenvalue weighted by Gasteiger charge is -2.29. The summed E-state index contributed by atoms with van der Waals surface area (Å²) in [5.74, 6) is 0. The zero-order valence-electron chi connectivity index (χ0n) is 8.39. The molecule has 0 atom stereocenters. The number of likely N-dealkylation sites (tertiary alicyclic amines) is 1. The zero-order valence-corrected chi connectivity index (χ0v) is 8.39. The van der Waals surface area contributed by atoms with Crippen molar-refractivity contribution >= 4 is 0 Å². The van der Waals surface area contributed by atoms with E-state index >= 15 is 0 Å². The molecule has 0 spiro atoms. The Morgan fingerprint density at radius 3 is 2.79 bits per heavy atom. The quantitative estimate of drug-likeness (QED) is 0.652. The average Bonchev–Trinajstić information content (AvgIpc) is 2.20. The van der Waals surface area contributed by atoms with Crippen LogP contribution in [0.5, 0.6) is 0 Å². The molecule has 2 rings (SSSR count).